The SMILES string of the molecule is COC1CCCN(c2ncc(CN)cc2C)C1. The van der Waals surface area contributed by atoms with Gasteiger partial charge in [0.05, 0.1) is 6.10 Å². The second kappa shape index (κ2) is 5.47. The van der Waals surface area contributed by atoms with E-state index in [0.717, 1.165) is 37.3 Å². The molecule has 4 nitrogen and oxygen atoms in total. The average Bonchev–Trinajstić information content (AvgIpc) is 2.38. The number of aromatic nitrogens is 1. The van der Waals surface area contributed by atoms with Crippen LogP contribution in [0.3, 0.4) is 0 Å². The maximum atomic E-state index is 5.62. The minimum atomic E-state index is 0.333. The normalized spacial score (nSPS) is 20.6. The predicted octanol–water partition coefficient (Wildman–Crippen LogP) is 1.46. The predicted molar refractivity (Wildman–Crippen MR) is 69.1 cm³/mol. The van der Waals surface area contributed by atoms with E-state index in [1.807, 2.05) is 6.20 Å². The minimum absolute atomic E-state index is 0.333. The Bertz CT molecular complexity index is 381. The number of aryl methyl sites for hydroxylation is 1. The van der Waals surface area contributed by atoms with Gasteiger partial charge in [-0.2, -0.15) is 0 Å². The van der Waals surface area contributed by atoms with Crippen LogP contribution in [0.2, 0.25) is 0 Å². The van der Waals surface area contributed by atoms with Crippen molar-refractivity contribution in [2.24, 2.45) is 5.73 Å². The standard InChI is InChI=1S/C13H21N3O/c1-10-6-11(7-14)8-15-13(10)16-5-3-4-12(9-16)17-2/h6,8,12H,3-5,7,9,14H2,1-2H3. The summed E-state index contributed by atoms with van der Waals surface area (Å²) in [6.45, 7) is 4.65. The number of nitrogens with zero attached hydrogens (tertiary/aromatic N) is 2. The highest BCUT2D eigenvalue weighted by Gasteiger charge is 2.21. The molecule has 1 aromatic rings. The van der Waals surface area contributed by atoms with Gasteiger partial charge in [-0.15, -0.1) is 0 Å². The van der Waals surface area contributed by atoms with Crippen LogP contribution in [0, 0.1) is 6.92 Å². The number of anilines is 1. The maximum absolute atomic E-state index is 5.62. The third-order valence-corrected chi connectivity index (χ3v) is 3.35. The van der Waals surface area contributed by atoms with Gasteiger partial charge >= 0.3 is 0 Å². The van der Waals surface area contributed by atoms with E-state index in [1.165, 1.54) is 5.56 Å². The second-order valence-corrected chi connectivity index (χ2v) is 4.63. The van der Waals surface area contributed by atoms with Crippen LogP contribution < -0.4 is 10.6 Å². The fourth-order valence-corrected chi connectivity index (χ4v) is 2.39. The van der Waals surface area contributed by atoms with E-state index in [-0.39, 0.29) is 0 Å². The summed E-state index contributed by atoms with van der Waals surface area (Å²) >= 11 is 0. The van der Waals surface area contributed by atoms with Crippen molar-refractivity contribution >= 4 is 5.82 Å². The van der Waals surface area contributed by atoms with Gasteiger partial charge in [0.25, 0.3) is 0 Å². The molecule has 1 saturated heterocycles. The lowest BCUT2D eigenvalue weighted by atomic mass is 10.1. The molecule has 17 heavy (non-hydrogen) atoms. The molecule has 2 rings (SSSR count). The summed E-state index contributed by atoms with van der Waals surface area (Å²) in [5.74, 6) is 1.07. The molecule has 1 aliphatic heterocycles. The van der Waals surface area contributed by atoms with Crippen LogP contribution in [0.5, 0.6) is 0 Å². The summed E-state index contributed by atoms with van der Waals surface area (Å²) in [5, 5.41) is 0. The molecule has 1 unspecified atom stereocenters. The summed E-state index contributed by atoms with van der Waals surface area (Å²) in [6, 6.07) is 2.12. The van der Waals surface area contributed by atoms with Gasteiger partial charge in [-0.3, -0.25) is 0 Å². The third kappa shape index (κ3) is 2.76. The lowest BCUT2D eigenvalue weighted by molar-refractivity contribution is 0.0891. The zero-order valence-corrected chi connectivity index (χ0v) is 10.6. The van der Waals surface area contributed by atoms with E-state index in [0.29, 0.717) is 12.6 Å². The summed E-state index contributed by atoms with van der Waals surface area (Å²) in [4.78, 5) is 6.84. The second-order valence-electron chi connectivity index (χ2n) is 4.63. The van der Waals surface area contributed by atoms with Gasteiger partial charge in [-0.1, -0.05) is 0 Å². The number of pyridine rings is 1. The molecular formula is C13H21N3O. The van der Waals surface area contributed by atoms with Gasteiger partial charge in [0.15, 0.2) is 0 Å². The molecule has 0 spiro atoms. The van der Waals surface area contributed by atoms with Crippen molar-refractivity contribution < 1.29 is 4.74 Å². The van der Waals surface area contributed by atoms with E-state index < -0.39 is 0 Å². The molecule has 0 aliphatic carbocycles. The number of piperidine rings is 1. The quantitative estimate of drug-likeness (QED) is 0.862. The molecule has 1 aliphatic rings. The van der Waals surface area contributed by atoms with Crippen molar-refractivity contribution in [3.8, 4) is 0 Å². The zero-order valence-electron chi connectivity index (χ0n) is 10.6. The molecule has 0 aromatic carbocycles. The highest BCUT2D eigenvalue weighted by atomic mass is 16.5. The summed E-state index contributed by atoms with van der Waals surface area (Å²) in [7, 11) is 1.78. The number of hydrogen-bond donors (Lipinski definition) is 1. The van der Waals surface area contributed by atoms with E-state index >= 15 is 0 Å². The van der Waals surface area contributed by atoms with Crippen LogP contribution in [-0.4, -0.2) is 31.3 Å². The Kier molecular flexibility index (Phi) is 3.97. The van der Waals surface area contributed by atoms with Gasteiger partial charge in [0, 0.05) is 32.9 Å². The first-order valence-electron chi connectivity index (χ1n) is 6.18. The van der Waals surface area contributed by atoms with Crippen molar-refractivity contribution in [3.63, 3.8) is 0 Å². The Hall–Kier alpha value is -1.13. The smallest absolute Gasteiger partial charge is 0.131 e. The van der Waals surface area contributed by atoms with Crippen LogP contribution in [-0.2, 0) is 11.3 Å². The molecular weight excluding hydrogens is 214 g/mol. The van der Waals surface area contributed by atoms with Gasteiger partial charge in [-0.25, -0.2) is 4.98 Å². The number of hydrogen-bond acceptors (Lipinski definition) is 4. The molecule has 4 heteroatoms. The van der Waals surface area contributed by atoms with Crippen LogP contribution in [0.1, 0.15) is 24.0 Å². The van der Waals surface area contributed by atoms with Crippen molar-refractivity contribution in [2.45, 2.75) is 32.4 Å². The Labute approximate surface area is 103 Å². The fourth-order valence-electron chi connectivity index (χ4n) is 2.39. The van der Waals surface area contributed by atoms with Crippen molar-refractivity contribution in [3.05, 3.63) is 23.4 Å². The van der Waals surface area contributed by atoms with Crippen LogP contribution in [0.25, 0.3) is 0 Å². The zero-order chi connectivity index (χ0) is 12.3. The number of ether oxygens (including phenoxy) is 1. The first-order chi connectivity index (χ1) is 8.24. The van der Waals surface area contributed by atoms with Crippen LogP contribution in [0.15, 0.2) is 12.3 Å². The van der Waals surface area contributed by atoms with Crippen LogP contribution >= 0.6 is 0 Å². The molecule has 1 atom stereocenters. The average molecular weight is 235 g/mol. The topological polar surface area (TPSA) is 51.4 Å². The van der Waals surface area contributed by atoms with E-state index in [1.54, 1.807) is 7.11 Å². The van der Waals surface area contributed by atoms with E-state index in [4.69, 9.17) is 10.5 Å². The van der Waals surface area contributed by atoms with Crippen molar-refractivity contribution in [2.75, 3.05) is 25.1 Å². The Morgan fingerprint density at radius 3 is 3.06 bits per heavy atom. The highest BCUT2D eigenvalue weighted by Crippen LogP contribution is 2.22. The molecule has 0 bridgehead atoms. The number of rotatable bonds is 3. The summed E-state index contributed by atoms with van der Waals surface area (Å²) in [5.41, 5.74) is 7.91. The van der Waals surface area contributed by atoms with Gasteiger partial charge in [0.2, 0.25) is 0 Å². The first-order valence-corrected chi connectivity index (χ1v) is 6.18. The van der Waals surface area contributed by atoms with E-state index in [2.05, 4.69) is 22.9 Å². The minimum Gasteiger partial charge on any atom is -0.380 e. The lowest BCUT2D eigenvalue weighted by Gasteiger charge is -2.33. The van der Waals surface area contributed by atoms with Crippen molar-refractivity contribution in [1.29, 1.82) is 0 Å². The van der Waals surface area contributed by atoms with Gasteiger partial charge < -0.3 is 15.4 Å². The Morgan fingerprint density at radius 2 is 2.41 bits per heavy atom. The lowest BCUT2D eigenvalue weighted by Crippen LogP contribution is -2.40. The largest absolute Gasteiger partial charge is 0.380 e. The highest BCUT2D eigenvalue weighted by molar-refractivity contribution is 5.47. The monoisotopic (exact) mass is 235 g/mol. The molecule has 2 N–H and O–H groups in total. The third-order valence-electron chi connectivity index (χ3n) is 3.35. The number of methoxy groups -OCH3 is 1. The first kappa shape index (κ1) is 12.3. The van der Waals surface area contributed by atoms with Gasteiger partial charge in [-0.05, 0) is 37.0 Å². The van der Waals surface area contributed by atoms with Gasteiger partial charge in [0.1, 0.15) is 5.82 Å². The van der Waals surface area contributed by atoms with Crippen molar-refractivity contribution in [1.82, 2.24) is 4.98 Å². The molecule has 0 saturated carbocycles. The Balaban J connectivity index is 2.16. The van der Waals surface area contributed by atoms with Crippen LogP contribution in [0.4, 0.5) is 5.82 Å². The molecule has 0 radical (unpaired) electrons. The molecule has 1 aromatic heterocycles. The summed E-state index contributed by atoms with van der Waals surface area (Å²) in [6.07, 6.45) is 4.52. The molecule has 1 fully saturated rings. The molecule has 0 amide bonds. The maximum Gasteiger partial charge on any atom is 0.131 e. The molecule has 94 valence electrons. The fraction of sp³-hybridized carbons (Fsp3) is 0.615. The van der Waals surface area contributed by atoms with E-state index in [9.17, 15) is 0 Å². The summed E-state index contributed by atoms with van der Waals surface area (Å²) < 4.78 is 5.44. The Morgan fingerprint density at radius 1 is 1.59 bits per heavy atom. The molecule has 2 heterocycles. The number of nitrogens with two attached hydrogens (primary N) is 1.